The number of nitrogens with zero attached hydrogens (tertiary/aromatic N) is 2. The molecule has 0 saturated carbocycles. The van der Waals surface area contributed by atoms with E-state index in [1.807, 2.05) is 34.5 Å². The summed E-state index contributed by atoms with van der Waals surface area (Å²) in [6.07, 6.45) is 1.73. The van der Waals surface area contributed by atoms with Crippen LogP contribution in [0, 0.1) is 0 Å². The number of sulfonamides is 1. The molecule has 0 radical (unpaired) electrons. The monoisotopic (exact) mass is 461 g/mol. The highest BCUT2D eigenvalue weighted by Gasteiger charge is 2.24. The minimum atomic E-state index is -3.85. The number of nitrogens with one attached hydrogen (secondary N) is 1. The first-order valence-electron chi connectivity index (χ1n) is 9.34. The number of rotatable bonds is 6. The molecule has 0 unspecified atom stereocenters. The SMILES string of the molecule is O=S(=O)(Nc1ccc(Cl)cc1)c1cc(N=Cc2cccs2)ccc1N1CCOCC1. The molecule has 0 bridgehead atoms. The standard InChI is InChI=1S/C21H20ClN3O3S2/c22-16-3-5-17(6-4-16)24-30(26,27)21-14-18(23-15-19-2-1-13-29-19)7-8-20(21)25-9-11-28-12-10-25/h1-8,13-15,24H,9-12H2. The summed E-state index contributed by atoms with van der Waals surface area (Å²) >= 11 is 7.48. The summed E-state index contributed by atoms with van der Waals surface area (Å²) in [5.74, 6) is 0. The molecule has 1 aromatic heterocycles. The van der Waals surface area contributed by atoms with Gasteiger partial charge in [0.25, 0.3) is 10.0 Å². The van der Waals surface area contributed by atoms with E-state index in [4.69, 9.17) is 16.3 Å². The highest BCUT2D eigenvalue weighted by atomic mass is 35.5. The Hall–Kier alpha value is -2.39. The number of thiophene rings is 1. The largest absolute Gasteiger partial charge is 0.378 e. The number of hydrogen-bond donors (Lipinski definition) is 1. The van der Waals surface area contributed by atoms with Crippen molar-refractivity contribution >= 4 is 56.2 Å². The van der Waals surface area contributed by atoms with E-state index < -0.39 is 10.0 Å². The van der Waals surface area contributed by atoms with E-state index in [0.29, 0.717) is 48.4 Å². The van der Waals surface area contributed by atoms with E-state index in [9.17, 15) is 8.42 Å². The van der Waals surface area contributed by atoms with Crippen molar-refractivity contribution in [2.75, 3.05) is 35.9 Å². The Morgan fingerprint density at radius 3 is 2.57 bits per heavy atom. The summed E-state index contributed by atoms with van der Waals surface area (Å²) in [6.45, 7) is 2.37. The number of aliphatic imine (C=N–C) groups is 1. The molecule has 30 heavy (non-hydrogen) atoms. The molecule has 1 fully saturated rings. The molecular formula is C21H20ClN3O3S2. The Labute approximate surface area is 184 Å². The molecule has 0 atom stereocenters. The van der Waals surface area contributed by atoms with Crippen LogP contribution in [0.5, 0.6) is 0 Å². The maximum absolute atomic E-state index is 13.3. The number of benzene rings is 2. The second-order valence-electron chi connectivity index (χ2n) is 6.64. The Kier molecular flexibility index (Phi) is 6.38. The zero-order valence-electron chi connectivity index (χ0n) is 16.0. The minimum Gasteiger partial charge on any atom is -0.378 e. The van der Waals surface area contributed by atoms with Crippen LogP contribution in [0.25, 0.3) is 0 Å². The summed E-state index contributed by atoms with van der Waals surface area (Å²) in [5, 5.41) is 2.51. The quantitative estimate of drug-likeness (QED) is 0.536. The van der Waals surface area contributed by atoms with Crippen molar-refractivity contribution in [1.29, 1.82) is 0 Å². The van der Waals surface area contributed by atoms with Crippen LogP contribution < -0.4 is 9.62 Å². The van der Waals surface area contributed by atoms with Crippen molar-refractivity contribution in [1.82, 2.24) is 0 Å². The number of anilines is 2. The van der Waals surface area contributed by atoms with Gasteiger partial charge in [0.1, 0.15) is 4.90 Å². The molecule has 0 spiro atoms. The minimum absolute atomic E-state index is 0.181. The Morgan fingerprint density at radius 1 is 1.10 bits per heavy atom. The zero-order chi connectivity index (χ0) is 21.0. The zero-order valence-corrected chi connectivity index (χ0v) is 18.4. The molecule has 6 nitrogen and oxygen atoms in total. The number of morpholine rings is 1. The highest BCUT2D eigenvalue weighted by molar-refractivity contribution is 7.92. The van der Waals surface area contributed by atoms with Gasteiger partial charge in [0.05, 0.1) is 24.6 Å². The molecule has 4 rings (SSSR count). The summed E-state index contributed by atoms with van der Waals surface area (Å²) in [6, 6.07) is 15.7. The van der Waals surface area contributed by atoms with Gasteiger partial charge in [0.2, 0.25) is 0 Å². The predicted octanol–water partition coefficient (Wildman–Crippen LogP) is 4.79. The van der Waals surface area contributed by atoms with Crippen molar-refractivity contribution in [2.24, 2.45) is 4.99 Å². The number of halogens is 1. The van der Waals surface area contributed by atoms with Gasteiger partial charge < -0.3 is 9.64 Å². The lowest BCUT2D eigenvalue weighted by Gasteiger charge is -2.30. The van der Waals surface area contributed by atoms with Gasteiger partial charge in [-0.15, -0.1) is 11.3 Å². The van der Waals surface area contributed by atoms with E-state index in [1.54, 1.807) is 47.9 Å². The van der Waals surface area contributed by atoms with Crippen LogP contribution in [-0.4, -0.2) is 40.9 Å². The van der Waals surface area contributed by atoms with Gasteiger partial charge in [-0.3, -0.25) is 9.71 Å². The summed E-state index contributed by atoms with van der Waals surface area (Å²) in [4.78, 5) is 7.66. The molecule has 156 valence electrons. The van der Waals surface area contributed by atoms with Gasteiger partial charge in [0, 0.05) is 34.9 Å². The normalized spacial score (nSPS) is 14.9. The lowest BCUT2D eigenvalue weighted by atomic mass is 10.2. The lowest BCUT2D eigenvalue weighted by Crippen LogP contribution is -2.37. The van der Waals surface area contributed by atoms with E-state index in [2.05, 4.69) is 9.71 Å². The maximum atomic E-state index is 13.3. The summed E-state index contributed by atoms with van der Waals surface area (Å²) < 4.78 is 34.6. The second kappa shape index (κ2) is 9.18. The van der Waals surface area contributed by atoms with Crippen LogP contribution in [-0.2, 0) is 14.8 Å². The van der Waals surface area contributed by atoms with Crippen LogP contribution in [0.3, 0.4) is 0 Å². The number of ether oxygens (including phenoxy) is 1. The van der Waals surface area contributed by atoms with Crippen molar-refractivity contribution < 1.29 is 13.2 Å². The highest BCUT2D eigenvalue weighted by Crippen LogP contribution is 2.32. The first-order chi connectivity index (χ1) is 14.5. The third kappa shape index (κ3) is 5.02. The van der Waals surface area contributed by atoms with Gasteiger partial charge in [-0.2, -0.15) is 0 Å². The average Bonchev–Trinajstić information content (AvgIpc) is 3.28. The molecule has 3 aromatic rings. The third-order valence-electron chi connectivity index (χ3n) is 4.57. The summed E-state index contributed by atoms with van der Waals surface area (Å²) in [5.41, 5.74) is 1.64. The molecule has 0 amide bonds. The third-order valence-corrected chi connectivity index (χ3v) is 7.03. The van der Waals surface area contributed by atoms with Crippen molar-refractivity contribution in [3.8, 4) is 0 Å². The van der Waals surface area contributed by atoms with E-state index in [1.165, 1.54) is 0 Å². The first kappa shape index (κ1) is 20.9. The van der Waals surface area contributed by atoms with Gasteiger partial charge >= 0.3 is 0 Å². The molecule has 0 aliphatic carbocycles. The molecule has 2 aromatic carbocycles. The Bertz CT molecular complexity index is 1120. The fourth-order valence-electron chi connectivity index (χ4n) is 3.09. The predicted molar refractivity (Wildman–Crippen MR) is 123 cm³/mol. The Balaban J connectivity index is 1.71. The van der Waals surface area contributed by atoms with E-state index >= 15 is 0 Å². The molecule has 2 heterocycles. The average molecular weight is 462 g/mol. The van der Waals surface area contributed by atoms with Gasteiger partial charge in [-0.25, -0.2) is 8.42 Å². The van der Waals surface area contributed by atoms with Crippen LogP contribution >= 0.6 is 22.9 Å². The fraction of sp³-hybridized carbons (Fsp3) is 0.190. The second-order valence-corrected chi connectivity index (χ2v) is 9.70. The smallest absolute Gasteiger partial charge is 0.264 e. The number of hydrogen-bond acceptors (Lipinski definition) is 6. The van der Waals surface area contributed by atoms with Gasteiger partial charge in [-0.1, -0.05) is 17.7 Å². The van der Waals surface area contributed by atoms with Crippen LogP contribution in [0.15, 0.2) is 69.9 Å². The Morgan fingerprint density at radius 2 is 1.87 bits per heavy atom. The molecule has 1 N–H and O–H groups in total. The molecule has 1 saturated heterocycles. The maximum Gasteiger partial charge on any atom is 0.264 e. The van der Waals surface area contributed by atoms with Crippen molar-refractivity contribution in [3.63, 3.8) is 0 Å². The lowest BCUT2D eigenvalue weighted by molar-refractivity contribution is 0.122. The van der Waals surface area contributed by atoms with Crippen molar-refractivity contribution in [2.45, 2.75) is 4.90 Å². The van der Waals surface area contributed by atoms with E-state index in [-0.39, 0.29) is 4.90 Å². The molecule has 9 heteroatoms. The summed E-state index contributed by atoms with van der Waals surface area (Å²) in [7, 11) is -3.85. The van der Waals surface area contributed by atoms with E-state index in [0.717, 1.165) is 4.88 Å². The van der Waals surface area contributed by atoms with Crippen LogP contribution in [0.2, 0.25) is 5.02 Å². The fourth-order valence-corrected chi connectivity index (χ4v) is 5.11. The topological polar surface area (TPSA) is 71.0 Å². The van der Waals surface area contributed by atoms with Gasteiger partial charge in [-0.05, 0) is 53.9 Å². The van der Waals surface area contributed by atoms with Gasteiger partial charge in [0.15, 0.2) is 0 Å². The molecular weight excluding hydrogens is 442 g/mol. The molecule has 1 aliphatic heterocycles. The van der Waals surface area contributed by atoms with Crippen LogP contribution in [0.1, 0.15) is 4.88 Å². The van der Waals surface area contributed by atoms with Crippen LogP contribution in [0.4, 0.5) is 17.1 Å². The van der Waals surface area contributed by atoms with Crippen molar-refractivity contribution in [3.05, 3.63) is 69.9 Å². The first-order valence-corrected chi connectivity index (χ1v) is 12.1. The molecule has 1 aliphatic rings.